The van der Waals surface area contributed by atoms with Gasteiger partial charge in [0.15, 0.2) is 5.13 Å². The summed E-state index contributed by atoms with van der Waals surface area (Å²) in [4.78, 5) is 19.0. The van der Waals surface area contributed by atoms with Crippen LogP contribution in [0.15, 0.2) is 29.6 Å². The van der Waals surface area contributed by atoms with E-state index in [1.165, 1.54) is 19.3 Å². The van der Waals surface area contributed by atoms with Crippen molar-refractivity contribution in [2.75, 3.05) is 23.3 Å². The van der Waals surface area contributed by atoms with Crippen molar-refractivity contribution >= 4 is 28.1 Å². The van der Waals surface area contributed by atoms with Crippen molar-refractivity contribution < 1.29 is 4.79 Å². The second-order valence-corrected chi connectivity index (χ2v) is 7.62. The van der Waals surface area contributed by atoms with E-state index in [0.717, 1.165) is 35.2 Å². The summed E-state index contributed by atoms with van der Waals surface area (Å²) in [5.74, 6) is 0.436. The number of nitrogens with zero attached hydrogens (tertiary/aromatic N) is 2. The molecule has 0 unspecified atom stereocenters. The lowest BCUT2D eigenvalue weighted by Gasteiger charge is -2.25. The second-order valence-electron chi connectivity index (χ2n) is 6.79. The molecule has 1 saturated heterocycles. The smallest absolute Gasteiger partial charge is 0.224 e. The number of rotatable bonds is 5. The van der Waals surface area contributed by atoms with E-state index in [1.807, 2.05) is 38.1 Å². The predicted molar refractivity (Wildman–Crippen MR) is 102 cm³/mol. The van der Waals surface area contributed by atoms with Crippen LogP contribution in [0.3, 0.4) is 0 Å². The highest BCUT2D eigenvalue weighted by molar-refractivity contribution is 7.14. The molecule has 24 heavy (non-hydrogen) atoms. The number of piperidine rings is 1. The number of hydrogen-bond donors (Lipinski definition) is 1. The third-order valence-corrected chi connectivity index (χ3v) is 5.08. The van der Waals surface area contributed by atoms with Gasteiger partial charge in [0.05, 0.1) is 5.69 Å². The number of hydrogen-bond acceptors (Lipinski definition) is 4. The minimum Gasteiger partial charge on any atom is -0.348 e. The maximum absolute atomic E-state index is 11.8. The standard InChI is InChI=1S/C19H25N3OS/c1-14(2)12-18(23)20-16-8-6-15(7-9-16)17-13-24-19(21-17)22-10-4-3-5-11-22/h6-9,13-14H,3-5,10-12H2,1-2H3,(H,20,23). The summed E-state index contributed by atoms with van der Waals surface area (Å²) >= 11 is 1.72. The molecule has 1 fully saturated rings. The number of nitrogens with one attached hydrogen (secondary N) is 1. The van der Waals surface area contributed by atoms with Crippen molar-refractivity contribution in [3.8, 4) is 11.3 Å². The number of carbonyl (C=O) groups is 1. The fraction of sp³-hybridized carbons (Fsp3) is 0.474. The Balaban J connectivity index is 1.65. The van der Waals surface area contributed by atoms with Crippen LogP contribution in [0, 0.1) is 5.92 Å². The zero-order valence-electron chi connectivity index (χ0n) is 14.4. The minimum atomic E-state index is 0.0683. The number of carbonyl (C=O) groups excluding carboxylic acids is 1. The van der Waals surface area contributed by atoms with Gasteiger partial charge >= 0.3 is 0 Å². The van der Waals surface area contributed by atoms with Crippen molar-refractivity contribution in [3.63, 3.8) is 0 Å². The molecule has 1 aromatic carbocycles. The highest BCUT2D eigenvalue weighted by Gasteiger charge is 2.15. The number of benzene rings is 1. The number of amides is 1. The Kier molecular flexibility index (Phi) is 5.51. The molecule has 1 N–H and O–H groups in total. The van der Waals surface area contributed by atoms with Crippen LogP contribution in [0.4, 0.5) is 10.8 Å². The predicted octanol–water partition coefficient (Wildman–Crippen LogP) is 4.79. The third kappa shape index (κ3) is 4.35. The van der Waals surface area contributed by atoms with E-state index >= 15 is 0 Å². The quantitative estimate of drug-likeness (QED) is 0.849. The van der Waals surface area contributed by atoms with Gasteiger partial charge in [-0.15, -0.1) is 11.3 Å². The van der Waals surface area contributed by atoms with E-state index in [1.54, 1.807) is 11.3 Å². The Morgan fingerprint density at radius 1 is 1.21 bits per heavy atom. The van der Waals surface area contributed by atoms with Crippen LogP contribution < -0.4 is 10.2 Å². The highest BCUT2D eigenvalue weighted by atomic mass is 32.1. The van der Waals surface area contributed by atoms with Gasteiger partial charge in [0.1, 0.15) is 0 Å². The highest BCUT2D eigenvalue weighted by Crippen LogP contribution is 2.29. The molecule has 0 spiro atoms. The lowest BCUT2D eigenvalue weighted by Crippen LogP contribution is -2.29. The first-order valence-electron chi connectivity index (χ1n) is 8.72. The summed E-state index contributed by atoms with van der Waals surface area (Å²) in [5, 5.41) is 6.19. The summed E-state index contributed by atoms with van der Waals surface area (Å²) in [6.07, 6.45) is 4.41. The molecule has 0 atom stereocenters. The lowest BCUT2D eigenvalue weighted by atomic mass is 10.1. The summed E-state index contributed by atoms with van der Waals surface area (Å²) < 4.78 is 0. The molecule has 128 valence electrons. The molecule has 4 nitrogen and oxygen atoms in total. The molecule has 1 aromatic heterocycles. The van der Waals surface area contributed by atoms with Gasteiger partial charge in [-0.3, -0.25) is 4.79 Å². The lowest BCUT2D eigenvalue weighted by molar-refractivity contribution is -0.116. The van der Waals surface area contributed by atoms with Crippen molar-refractivity contribution in [2.45, 2.75) is 39.5 Å². The van der Waals surface area contributed by atoms with E-state index in [-0.39, 0.29) is 5.91 Å². The van der Waals surface area contributed by atoms with E-state index in [4.69, 9.17) is 4.98 Å². The fourth-order valence-corrected chi connectivity index (χ4v) is 3.82. The van der Waals surface area contributed by atoms with E-state index in [0.29, 0.717) is 12.3 Å². The first kappa shape index (κ1) is 17.0. The van der Waals surface area contributed by atoms with Gasteiger partial charge in [-0.05, 0) is 37.3 Å². The summed E-state index contributed by atoms with van der Waals surface area (Å²) in [7, 11) is 0. The van der Waals surface area contributed by atoms with Gasteiger partial charge in [0, 0.05) is 36.1 Å². The topological polar surface area (TPSA) is 45.2 Å². The van der Waals surface area contributed by atoms with Gasteiger partial charge in [-0.1, -0.05) is 26.0 Å². The molecule has 0 saturated carbocycles. The van der Waals surface area contributed by atoms with Crippen LogP contribution in [0.25, 0.3) is 11.3 Å². The maximum Gasteiger partial charge on any atom is 0.224 e. The molecule has 0 bridgehead atoms. The molecule has 2 aromatic rings. The monoisotopic (exact) mass is 343 g/mol. The van der Waals surface area contributed by atoms with Crippen LogP contribution in [0.2, 0.25) is 0 Å². The molecule has 5 heteroatoms. The normalized spacial score (nSPS) is 14.9. The zero-order valence-corrected chi connectivity index (χ0v) is 15.2. The van der Waals surface area contributed by atoms with Gasteiger partial charge < -0.3 is 10.2 Å². The molecule has 0 radical (unpaired) electrons. The molecule has 1 amide bonds. The number of anilines is 2. The molecule has 2 heterocycles. The summed E-state index contributed by atoms with van der Waals surface area (Å²) in [5.41, 5.74) is 2.95. The van der Waals surface area contributed by atoms with Crippen molar-refractivity contribution in [2.24, 2.45) is 5.92 Å². The molecule has 1 aliphatic rings. The summed E-state index contributed by atoms with van der Waals surface area (Å²) in [6.45, 7) is 6.33. The van der Waals surface area contributed by atoms with Crippen molar-refractivity contribution in [3.05, 3.63) is 29.6 Å². The Hall–Kier alpha value is -1.88. The van der Waals surface area contributed by atoms with Gasteiger partial charge in [-0.25, -0.2) is 4.98 Å². The fourth-order valence-electron chi connectivity index (χ4n) is 2.93. The van der Waals surface area contributed by atoms with Crippen molar-refractivity contribution in [1.82, 2.24) is 4.98 Å². The van der Waals surface area contributed by atoms with Crippen LogP contribution >= 0.6 is 11.3 Å². The average Bonchev–Trinajstić information content (AvgIpc) is 3.05. The average molecular weight is 343 g/mol. The molecule has 1 aliphatic heterocycles. The zero-order chi connectivity index (χ0) is 16.9. The van der Waals surface area contributed by atoms with Gasteiger partial charge in [0.25, 0.3) is 0 Å². The van der Waals surface area contributed by atoms with E-state index in [9.17, 15) is 4.79 Å². The first-order valence-corrected chi connectivity index (χ1v) is 9.60. The Bertz CT molecular complexity index is 672. The number of thiazole rings is 1. The second kappa shape index (κ2) is 7.79. The molecule has 0 aliphatic carbocycles. The van der Waals surface area contributed by atoms with Crippen LogP contribution in [0.1, 0.15) is 39.5 Å². The van der Waals surface area contributed by atoms with Gasteiger partial charge in [0.2, 0.25) is 5.91 Å². The number of aromatic nitrogens is 1. The Labute approximate surface area is 147 Å². The van der Waals surface area contributed by atoms with E-state index < -0.39 is 0 Å². The molecular formula is C19H25N3OS. The van der Waals surface area contributed by atoms with Gasteiger partial charge in [-0.2, -0.15) is 0 Å². The van der Waals surface area contributed by atoms with E-state index in [2.05, 4.69) is 15.6 Å². The minimum absolute atomic E-state index is 0.0683. The Morgan fingerprint density at radius 2 is 1.92 bits per heavy atom. The largest absolute Gasteiger partial charge is 0.348 e. The maximum atomic E-state index is 11.8. The third-order valence-electron chi connectivity index (χ3n) is 4.18. The van der Waals surface area contributed by atoms with Crippen molar-refractivity contribution in [1.29, 1.82) is 0 Å². The first-order chi connectivity index (χ1) is 11.6. The molecular weight excluding hydrogens is 318 g/mol. The summed E-state index contributed by atoms with van der Waals surface area (Å²) in [6, 6.07) is 7.96. The molecule has 3 rings (SSSR count). The van der Waals surface area contributed by atoms with Crippen LogP contribution in [0.5, 0.6) is 0 Å². The van der Waals surface area contributed by atoms with Crippen LogP contribution in [-0.2, 0) is 4.79 Å². The van der Waals surface area contributed by atoms with Crippen LogP contribution in [-0.4, -0.2) is 24.0 Å². The SMILES string of the molecule is CC(C)CC(=O)Nc1ccc(-c2csc(N3CCCCC3)n2)cc1. The Morgan fingerprint density at radius 3 is 2.58 bits per heavy atom.